The molecule has 2 N–H and O–H groups in total. The van der Waals surface area contributed by atoms with E-state index >= 15 is 0 Å². The zero-order valence-corrected chi connectivity index (χ0v) is 10.6. The molecule has 1 rings (SSSR count). The van der Waals surface area contributed by atoms with Gasteiger partial charge in [0.2, 0.25) is 0 Å². The summed E-state index contributed by atoms with van der Waals surface area (Å²) in [6, 6.07) is 5.64. The van der Waals surface area contributed by atoms with Gasteiger partial charge < -0.3 is 15.2 Å². The van der Waals surface area contributed by atoms with Gasteiger partial charge in [-0.3, -0.25) is 4.79 Å². The summed E-state index contributed by atoms with van der Waals surface area (Å²) >= 11 is 0. The summed E-state index contributed by atoms with van der Waals surface area (Å²) in [4.78, 5) is 22.0. The second-order valence-corrected chi connectivity index (χ2v) is 3.76. The van der Waals surface area contributed by atoms with Crippen molar-refractivity contribution in [1.29, 1.82) is 0 Å². The van der Waals surface area contributed by atoms with E-state index in [1.54, 1.807) is 0 Å². The molecule has 0 aliphatic carbocycles. The van der Waals surface area contributed by atoms with Gasteiger partial charge in [0.25, 0.3) is 5.91 Å². The number of nitrogens with two attached hydrogens (primary N) is 1. The van der Waals surface area contributed by atoms with Crippen LogP contribution in [0.2, 0.25) is 0 Å². The number of benzene rings is 1. The molecule has 0 bridgehead atoms. The first kappa shape index (κ1) is 15.6. The molecule has 7 heteroatoms. The Balaban J connectivity index is 2.57. The molecule has 0 spiro atoms. The molecular formula is C13H13F2NO4. The van der Waals surface area contributed by atoms with Gasteiger partial charge >= 0.3 is 12.6 Å². The maximum absolute atomic E-state index is 11.9. The first-order chi connectivity index (χ1) is 9.38. The van der Waals surface area contributed by atoms with Crippen LogP contribution in [0.3, 0.4) is 0 Å². The number of carbonyl (C=O) groups excluding carboxylic acids is 2. The molecule has 0 aliphatic heterocycles. The molecule has 1 atom stereocenters. The molecule has 0 aromatic heterocycles. The smallest absolute Gasteiger partial charge is 0.387 e. The molecule has 5 nitrogen and oxygen atoms in total. The Bertz CT molecular complexity index is 500. The number of ether oxygens (including phenoxy) is 2. The van der Waals surface area contributed by atoms with Crippen LogP contribution in [0.5, 0.6) is 5.75 Å². The fraction of sp³-hybridized carbons (Fsp3) is 0.231. The minimum absolute atomic E-state index is 0.0158. The second kappa shape index (κ2) is 7.22. The van der Waals surface area contributed by atoms with Crippen LogP contribution in [0, 0.1) is 0 Å². The molecule has 0 saturated carbocycles. The highest BCUT2D eigenvalue weighted by Gasteiger charge is 2.12. The van der Waals surface area contributed by atoms with Crippen molar-refractivity contribution >= 4 is 18.0 Å². The number of esters is 1. The summed E-state index contributed by atoms with van der Waals surface area (Å²) in [5.74, 6) is -1.47. The molecular weight excluding hydrogens is 272 g/mol. The summed E-state index contributed by atoms with van der Waals surface area (Å²) in [6.07, 6.45) is 1.49. The third-order valence-electron chi connectivity index (χ3n) is 2.21. The van der Waals surface area contributed by atoms with Crippen LogP contribution in [-0.2, 0) is 14.3 Å². The van der Waals surface area contributed by atoms with Gasteiger partial charge in [-0.1, -0.05) is 12.1 Å². The average molecular weight is 285 g/mol. The lowest BCUT2D eigenvalue weighted by atomic mass is 10.2. The molecule has 0 unspecified atom stereocenters. The van der Waals surface area contributed by atoms with Crippen LogP contribution < -0.4 is 10.5 Å². The largest absolute Gasteiger partial charge is 0.449 e. The lowest BCUT2D eigenvalue weighted by Gasteiger charge is -2.06. The Morgan fingerprint density at radius 1 is 1.25 bits per heavy atom. The molecule has 1 aromatic rings. The van der Waals surface area contributed by atoms with Crippen molar-refractivity contribution < 1.29 is 27.8 Å². The number of alkyl halides is 2. The highest BCUT2D eigenvalue weighted by molar-refractivity contribution is 5.89. The van der Waals surface area contributed by atoms with E-state index in [2.05, 4.69) is 9.47 Å². The van der Waals surface area contributed by atoms with Crippen molar-refractivity contribution in [1.82, 2.24) is 0 Å². The molecule has 0 aliphatic rings. The molecule has 20 heavy (non-hydrogen) atoms. The van der Waals surface area contributed by atoms with E-state index in [-0.39, 0.29) is 5.75 Å². The zero-order valence-electron chi connectivity index (χ0n) is 10.6. The fourth-order valence-electron chi connectivity index (χ4n) is 1.20. The van der Waals surface area contributed by atoms with E-state index in [4.69, 9.17) is 5.73 Å². The predicted molar refractivity (Wildman–Crippen MR) is 66.9 cm³/mol. The Kier molecular flexibility index (Phi) is 5.64. The van der Waals surface area contributed by atoms with Crippen molar-refractivity contribution in [3.63, 3.8) is 0 Å². The van der Waals surface area contributed by atoms with Crippen LogP contribution in [0.1, 0.15) is 12.5 Å². The van der Waals surface area contributed by atoms with Crippen LogP contribution in [0.25, 0.3) is 6.08 Å². The molecule has 108 valence electrons. The van der Waals surface area contributed by atoms with E-state index in [0.29, 0.717) is 5.56 Å². The Labute approximate surface area is 114 Å². The average Bonchev–Trinajstić information content (AvgIpc) is 2.37. The summed E-state index contributed by atoms with van der Waals surface area (Å²) in [7, 11) is 0. The normalized spacial score (nSPS) is 12.4. The molecule has 1 amide bonds. The minimum Gasteiger partial charge on any atom is -0.449 e. The number of primary amides is 1. The van der Waals surface area contributed by atoms with Gasteiger partial charge in [-0.2, -0.15) is 8.78 Å². The van der Waals surface area contributed by atoms with Crippen LogP contribution in [0.15, 0.2) is 30.3 Å². The van der Waals surface area contributed by atoms with Crippen LogP contribution in [0.4, 0.5) is 8.78 Å². The van der Waals surface area contributed by atoms with Crippen molar-refractivity contribution in [2.24, 2.45) is 5.73 Å². The lowest BCUT2D eigenvalue weighted by Crippen LogP contribution is -2.29. The quantitative estimate of drug-likeness (QED) is 0.637. The molecule has 1 aromatic carbocycles. The summed E-state index contributed by atoms with van der Waals surface area (Å²) in [5.41, 5.74) is 5.51. The van der Waals surface area contributed by atoms with Crippen molar-refractivity contribution in [3.05, 3.63) is 35.9 Å². The van der Waals surface area contributed by atoms with Gasteiger partial charge in [0, 0.05) is 6.08 Å². The van der Waals surface area contributed by atoms with E-state index in [1.165, 1.54) is 37.3 Å². The number of carbonyl (C=O) groups is 2. The van der Waals surface area contributed by atoms with E-state index in [9.17, 15) is 18.4 Å². The van der Waals surface area contributed by atoms with Crippen molar-refractivity contribution in [3.8, 4) is 5.75 Å². The minimum atomic E-state index is -2.89. The third kappa shape index (κ3) is 5.47. The summed E-state index contributed by atoms with van der Waals surface area (Å²) in [6.45, 7) is -1.54. The first-order valence-corrected chi connectivity index (χ1v) is 5.61. The zero-order chi connectivity index (χ0) is 15.1. The third-order valence-corrected chi connectivity index (χ3v) is 2.21. The molecule has 0 radical (unpaired) electrons. The molecule has 0 heterocycles. The maximum atomic E-state index is 11.9. The van der Waals surface area contributed by atoms with Gasteiger partial charge in [0.05, 0.1) is 0 Å². The second-order valence-electron chi connectivity index (χ2n) is 3.76. The fourth-order valence-corrected chi connectivity index (χ4v) is 1.20. The Morgan fingerprint density at radius 3 is 2.35 bits per heavy atom. The number of hydrogen-bond donors (Lipinski definition) is 1. The van der Waals surface area contributed by atoms with Crippen LogP contribution >= 0.6 is 0 Å². The van der Waals surface area contributed by atoms with Gasteiger partial charge in [-0.15, -0.1) is 0 Å². The van der Waals surface area contributed by atoms with Gasteiger partial charge in [-0.05, 0) is 30.7 Å². The van der Waals surface area contributed by atoms with E-state index in [0.717, 1.165) is 6.08 Å². The standard InChI is InChI=1S/C13H13F2NO4/c1-8(12(16)18)19-11(17)7-4-9-2-5-10(6-3-9)20-13(14)15/h2-8,13H,1H3,(H2,16,18)/b7-4+/t8-/m1/s1. The van der Waals surface area contributed by atoms with Gasteiger partial charge in [0.1, 0.15) is 5.75 Å². The van der Waals surface area contributed by atoms with E-state index < -0.39 is 24.6 Å². The Morgan fingerprint density at radius 2 is 1.85 bits per heavy atom. The summed E-state index contributed by atoms with van der Waals surface area (Å²) in [5, 5.41) is 0. The Hall–Kier alpha value is -2.44. The monoisotopic (exact) mass is 285 g/mol. The first-order valence-electron chi connectivity index (χ1n) is 5.61. The molecule has 0 fully saturated rings. The van der Waals surface area contributed by atoms with E-state index in [1.807, 2.05) is 0 Å². The topological polar surface area (TPSA) is 78.6 Å². The number of halogens is 2. The van der Waals surface area contributed by atoms with Gasteiger partial charge in [0.15, 0.2) is 6.10 Å². The SMILES string of the molecule is C[C@@H](OC(=O)/C=C/c1ccc(OC(F)F)cc1)C(N)=O. The van der Waals surface area contributed by atoms with Crippen LogP contribution in [-0.4, -0.2) is 24.6 Å². The predicted octanol–water partition coefficient (Wildman–Crippen LogP) is 1.72. The number of rotatable bonds is 6. The highest BCUT2D eigenvalue weighted by Crippen LogP contribution is 2.15. The van der Waals surface area contributed by atoms with Gasteiger partial charge in [-0.25, -0.2) is 4.79 Å². The number of amides is 1. The summed E-state index contributed by atoms with van der Waals surface area (Å²) < 4.78 is 32.7. The maximum Gasteiger partial charge on any atom is 0.387 e. The highest BCUT2D eigenvalue weighted by atomic mass is 19.3. The molecule has 0 saturated heterocycles. The number of hydrogen-bond acceptors (Lipinski definition) is 4. The van der Waals surface area contributed by atoms with Crippen molar-refractivity contribution in [2.75, 3.05) is 0 Å². The van der Waals surface area contributed by atoms with Crippen molar-refractivity contribution in [2.45, 2.75) is 19.6 Å². The lowest BCUT2D eigenvalue weighted by molar-refractivity contribution is -0.148.